The first-order valence-electron chi connectivity index (χ1n) is 11.3. The van der Waals surface area contributed by atoms with Gasteiger partial charge in [-0.05, 0) is 67.1 Å². The molecule has 0 aliphatic carbocycles. The molecule has 0 aliphatic rings. The van der Waals surface area contributed by atoms with Gasteiger partial charge in [0.2, 0.25) is 0 Å². The molecule has 2 nitrogen and oxygen atoms in total. The van der Waals surface area contributed by atoms with E-state index in [0.717, 1.165) is 32.7 Å². The molecule has 35 heavy (non-hydrogen) atoms. The molecule has 3 heteroatoms. The fraction of sp³-hybridized carbons (Fsp3) is 0. The summed E-state index contributed by atoms with van der Waals surface area (Å²) in [6.07, 6.45) is 0. The van der Waals surface area contributed by atoms with E-state index in [1.807, 2.05) is 121 Å². The number of hydrogen-bond acceptors (Lipinski definition) is 2. The fourth-order valence-corrected chi connectivity index (χ4v) is 4.82. The summed E-state index contributed by atoms with van der Waals surface area (Å²) in [4.78, 5) is 0. The smallest absolute Gasteiger partial charge is 0.872 e. The Hall–Kier alpha value is -3.94. The average molecular weight is 502 g/mol. The van der Waals surface area contributed by atoms with Crippen LogP contribution < -0.4 is 10.2 Å². The van der Waals surface area contributed by atoms with Gasteiger partial charge in [0.25, 0.3) is 0 Å². The van der Waals surface area contributed by atoms with E-state index in [0.29, 0.717) is 22.3 Å². The average Bonchev–Trinajstić information content (AvgIpc) is 2.90. The number of rotatable bonds is 3. The zero-order chi connectivity index (χ0) is 23.1. The van der Waals surface area contributed by atoms with Crippen molar-refractivity contribution in [1.29, 1.82) is 0 Å². The molecule has 0 heterocycles. The first-order valence-corrected chi connectivity index (χ1v) is 11.3. The van der Waals surface area contributed by atoms with Gasteiger partial charge in [0, 0.05) is 0 Å². The van der Waals surface area contributed by atoms with Crippen molar-refractivity contribution in [2.24, 2.45) is 0 Å². The van der Waals surface area contributed by atoms with Crippen LogP contribution in [0.4, 0.5) is 0 Å². The molecular weight excluding hydrogens is 482 g/mol. The second kappa shape index (κ2) is 9.37. The maximum atomic E-state index is 14.1. The summed E-state index contributed by atoms with van der Waals surface area (Å²) in [5.74, 6) is -0.255. The Labute approximate surface area is 216 Å². The zero-order valence-electron chi connectivity index (χ0n) is 19.1. The van der Waals surface area contributed by atoms with E-state index in [2.05, 4.69) is 0 Å². The Kier molecular flexibility index (Phi) is 6.11. The van der Waals surface area contributed by atoms with Gasteiger partial charge in [0.1, 0.15) is 0 Å². The molecule has 0 unspecified atom stereocenters. The summed E-state index contributed by atoms with van der Waals surface area (Å²) in [6.45, 7) is 0. The van der Waals surface area contributed by atoms with Gasteiger partial charge in [0.05, 0.1) is 0 Å². The summed E-state index contributed by atoms with van der Waals surface area (Å²) >= 11 is 0. The number of hydrogen-bond donors (Lipinski definition) is 0. The van der Waals surface area contributed by atoms with Crippen LogP contribution in [0.3, 0.4) is 0 Å². The van der Waals surface area contributed by atoms with E-state index in [1.54, 1.807) is 0 Å². The van der Waals surface area contributed by atoms with Gasteiger partial charge in [-0.3, -0.25) is 0 Å². The van der Waals surface area contributed by atoms with Crippen LogP contribution in [0, 0.1) is 0 Å². The molecule has 6 aromatic rings. The first-order chi connectivity index (χ1) is 16.7. The fourth-order valence-electron chi connectivity index (χ4n) is 4.82. The van der Waals surface area contributed by atoms with Crippen molar-refractivity contribution in [2.45, 2.75) is 0 Å². The van der Waals surface area contributed by atoms with Crippen molar-refractivity contribution in [2.75, 3.05) is 0 Å². The number of fused-ring (bicyclic) bond motifs is 2. The molecule has 0 aliphatic heterocycles. The van der Waals surface area contributed by atoms with E-state index < -0.39 is 0 Å². The third-order valence-corrected chi connectivity index (χ3v) is 6.42. The second-order valence-corrected chi connectivity index (χ2v) is 8.43. The standard InChI is InChI=1S/C32H22O2.Zn/c33-31-27(21-11-3-1-4-12-21)19-23-15-7-9-17-25(23)29(31)30-26-18-10-8-16-24(26)20-28(32(30)34)22-13-5-2-6-14-22;/h1-20,33-34H;/q;+2/p-2. The molecule has 0 fully saturated rings. The summed E-state index contributed by atoms with van der Waals surface area (Å²) in [6, 6.07) is 38.8. The van der Waals surface area contributed by atoms with Crippen LogP contribution in [0.2, 0.25) is 0 Å². The third-order valence-electron chi connectivity index (χ3n) is 6.42. The van der Waals surface area contributed by atoms with Gasteiger partial charge in [0.15, 0.2) is 0 Å². The van der Waals surface area contributed by atoms with Crippen molar-refractivity contribution in [3.8, 4) is 44.9 Å². The first kappa shape index (κ1) is 22.8. The third kappa shape index (κ3) is 3.89. The monoisotopic (exact) mass is 500 g/mol. The molecule has 0 saturated carbocycles. The number of benzene rings is 6. The van der Waals surface area contributed by atoms with E-state index >= 15 is 0 Å². The van der Waals surface area contributed by atoms with Gasteiger partial charge in [-0.2, -0.15) is 0 Å². The second-order valence-electron chi connectivity index (χ2n) is 8.43. The molecule has 6 rings (SSSR count). The molecule has 0 aromatic heterocycles. The normalized spacial score (nSPS) is 10.9. The van der Waals surface area contributed by atoms with E-state index in [1.165, 1.54) is 0 Å². The minimum Gasteiger partial charge on any atom is -0.872 e. The van der Waals surface area contributed by atoms with Crippen LogP contribution in [0.25, 0.3) is 54.9 Å². The van der Waals surface area contributed by atoms with Gasteiger partial charge in [-0.1, -0.05) is 121 Å². The van der Waals surface area contributed by atoms with E-state index in [4.69, 9.17) is 0 Å². The Morgan fingerprint density at radius 3 is 1.14 bits per heavy atom. The van der Waals surface area contributed by atoms with Crippen LogP contribution in [-0.2, 0) is 19.5 Å². The van der Waals surface area contributed by atoms with Gasteiger partial charge in [-0.15, -0.1) is 0 Å². The minimum absolute atomic E-state index is 0. The predicted octanol–water partition coefficient (Wildman–Crippen LogP) is 7.14. The van der Waals surface area contributed by atoms with E-state index in [9.17, 15) is 10.2 Å². The van der Waals surface area contributed by atoms with Crippen molar-refractivity contribution in [1.82, 2.24) is 0 Å². The van der Waals surface area contributed by atoms with E-state index in [-0.39, 0.29) is 31.0 Å². The van der Waals surface area contributed by atoms with Crippen LogP contribution in [0.15, 0.2) is 121 Å². The summed E-state index contributed by atoms with van der Waals surface area (Å²) in [7, 11) is 0. The Bertz CT molecular complexity index is 1530. The van der Waals surface area contributed by atoms with Crippen LogP contribution in [0.5, 0.6) is 11.5 Å². The molecular formula is C32H20O2Zn. The zero-order valence-corrected chi connectivity index (χ0v) is 22.0. The van der Waals surface area contributed by atoms with Gasteiger partial charge >= 0.3 is 19.5 Å². The Balaban J connectivity index is 0.00000253. The molecule has 0 saturated heterocycles. The van der Waals surface area contributed by atoms with Crippen molar-refractivity contribution in [3.63, 3.8) is 0 Å². The Morgan fingerprint density at radius 2 is 0.743 bits per heavy atom. The van der Waals surface area contributed by atoms with Crippen molar-refractivity contribution in [3.05, 3.63) is 121 Å². The van der Waals surface area contributed by atoms with Crippen LogP contribution in [0.1, 0.15) is 0 Å². The molecule has 0 spiro atoms. The molecule has 162 valence electrons. The van der Waals surface area contributed by atoms with Crippen molar-refractivity contribution >= 4 is 21.5 Å². The SMILES string of the molecule is [O-]c1c(-c2ccccc2)cc2ccccc2c1-c1c([O-])c(-c2ccccc2)cc2ccccc12.[Zn+2]. The van der Waals surface area contributed by atoms with Gasteiger partial charge < -0.3 is 10.2 Å². The molecule has 0 amide bonds. The van der Waals surface area contributed by atoms with Crippen LogP contribution >= 0.6 is 0 Å². The summed E-state index contributed by atoms with van der Waals surface area (Å²) in [5, 5.41) is 31.6. The molecule has 0 atom stereocenters. The largest absolute Gasteiger partial charge is 2.00 e. The maximum absolute atomic E-state index is 14.1. The molecule has 0 radical (unpaired) electrons. The quantitative estimate of drug-likeness (QED) is 0.242. The minimum atomic E-state index is -0.127. The summed E-state index contributed by atoms with van der Waals surface area (Å²) < 4.78 is 0. The Morgan fingerprint density at radius 1 is 0.400 bits per heavy atom. The maximum Gasteiger partial charge on any atom is 2.00 e. The molecule has 6 aromatic carbocycles. The predicted molar refractivity (Wildman–Crippen MR) is 137 cm³/mol. The topological polar surface area (TPSA) is 46.1 Å². The molecule has 0 bridgehead atoms. The summed E-state index contributed by atoms with van der Waals surface area (Å²) in [5.41, 5.74) is 3.82. The van der Waals surface area contributed by atoms with Crippen molar-refractivity contribution < 1.29 is 29.7 Å². The van der Waals surface area contributed by atoms with Gasteiger partial charge in [-0.25, -0.2) is 0 Å². The van der Waals surface area contributed by atoms with Crippen LogP contribution in [-0.4, -0.2) is 0 Å². The molecule has 0 N–H and O–H groups in total.